The number of rotatable bonds is 3. The SMILES string of the molecule is COc1ccc2c(c1OC)C(=O)OC2C(C)N. The van der Waals surface area contributed by atoms with Crippen molar-refractivity contribution in [3.8, 4) is 11.5 Å². The Balaban J connectivity index is 2.59. The van der Waals surface area contributed by atoms with Crippen LogP contribution in [-0.4, -0.2) is 26.2 Å². The summed E-state index contributed by atoms with van der Waals surface area (Å²) in [5, 5.41) is 0. The highest BCUT2D eigenvalue weighted by Gasteiger charge is 2.37. The minimum absolute atomic E-state index is 0.265. The van der Waals surface area contributed by atoms with Crippen LogP contribution in [0.5, 0.6) is 11.5 Å². The Morgan fingerprint density at radius 1 is 1.35 bits per heavy atom. The van der Waals surface area contributed by atoms with Gasteiger partial charge in [0.1, 0.15) is 11.7 Å². The lowest BCUT2D eigenvalue weighted by atomic mass is 10.00. The van der Waals surface area contributed by atoms with Crippen LogP contribution in [-0.2, 0) is 4.74 Å². The van der Waals surface area contributed by atoms with Gasteiger partial charge in [-0.15, -0.1) is 0 Å². The number of esters is 1. The van der Waals surface area contributed by atoms with Gasteiger partial charge >= 0.3 is 5.97 Å². The molecule has 2 unspecified atom stereocenters. The second-order valence-electron chi connectivity index (χ2n) is 3.95. The summed E-state index contributed by atoms with van der Waals surface area (Å²) >= 11 is 0. The lowest BCUT2D eigenvalue weighted by Gasteiger charge is -2.15. The van der Waals surface area contributed by atoms with E-state index < -0.39 is 12.1 Å². The summed E-state index contributed by atoms with van der Waals surface area (Å²) in [6, 6.07) is 3.27. The van der Waals surface area contributed by atoms with Crippen LogP contribution in [0, 0.1) is 0 Å². The Bertz CT molecular complexity index is 456. The maximum absolute atomic E-state index is 11.8. The van der Waals surface area contributed by atoms with E-state index in [4.69, 9.17) is 19.9 Å². The molecule has 0 saturated carbocycles. The highest BCUT2D eigenvalue weighted by atomic mass is 16.6. The van der Waals surface area contributed by atoms with E-state index in [0.717, 1.165) is 5.56 Å². The van der Waals surface area contributed by atoms with Crippen molar-refractivity contribution in [1.82, 2.24) is 0 Å². The van der Waals surface area contributed by atoms with E-state index in [9.17, 15) is 4.79 Å². The van der Waals surface area contributed by atoms with Gasteiger partial charge in [-0.3, -0.25) is 0 Å². The normalized spacial score (nSPS) is 19.5. The monoisotopic (exact) mass is 237 g/mol. The zero-order chi connectivity index (χ0) is 12.6. The van der Waals surface area contributed by atoms with Gasteiger partial charge in [0.15, 0.2) is 11.5 Å². The van der Waals surface area contributed by atoms with Crippen molar-refractivity contribution >= 4 is 5.97 Å². The zero-order valence-corrected chi connectivity index (χ0v) is 10.0. The van der Waals surface area contributed by atoms with E-state index in [0.29, 0.717) is 17.1 Å². The van der Waals surface area contributed by atoms with Crippen molar-refractivity contribution in [2.24, 2.45) is 5.73 Å². The van der Waals surface area contributed by atoms with E-state index >= 15 is 0 Å². The largest absolute Gasteiger partial charge is 0.493 e. The molecule has 0 radical (unpaired) electrons. The van der Waals surface area contributed by atoms with Crippen LogP contribution in [0.25, 0.3) is 0 Å². The van der Waals surface area contributed by atoms with E-state index in [1.807, 2.05) is 0 Å². The van der Waals surface area contributed by atoms with Gasteiger partial charge in [0, 0.05) is 11.6 Å². The highest BCUT2D eigenvalue weighted by molar-refractivity contribution is 5.98. The number of methoxy groups -OCH3 is 2. The standard InChI is InChI=1S/C12H15NO4/c1-6(13)10-7-4-5-8(15-2)11(16-3)9(7)12(14)17-10/h4-6,10H,13H2,1-3H3. The van der Waals surface area contributed by atoms with Gasteiger partial charge in [0.05, 0.1) is 14.2 Å². The molecular weight excluding hydrogens is 222 g/mol. The van der Waals surface area contributed by atoms with Crippen molar-refractivity contribution in [2.75, 3.05) is 14.2 Å². The van der Waals surface area contributed by atoms with Crippen LogP contribution < -0.4 is 15.2 Å². The smallest absolute Gasteiger partial charge is 0.343 e. The molecule has 0 aliphatic carbocycles. The summed E-state index contributed by atoms with van der Waals surface area (Å²) in [4.78, 5) is 11.8. The number of carbonyl (C=O) groups excluding carboxylic acids is 1. The van der Waals surface area contributed by atoms with E-state index in [1.165, 1.54) is 14.2 Å². The number of fused-ring (bicyclic) bond motifs is 1. The molecule has 1 aromatic carbocycles. The first kappa shape index (κ1) is 11.7. The number of nitrogens with two attached hydrogens (primary N) is 1. The maximum atomic E-state index is 11.8. The average molecular weight is 237 g/mol. The van der Waals surface area contributed by atoms with E-state index in [-0.39, 0.29) is 6.04 Å². The fraction of sp³-hybridized carbons (Fsp3) is 0.417. The lowest BCUT2D eigenvalue weighted by molar-refractivity contribution is 0.0340. The van der Waals surface area contributed by atoms with Crippen molar-refractivity contribution in [2.45, 2.75) is 19.1 Å². The third-order valence-corrected chi connectivity index (χ3v) is 2.80. The molecule has 0 spiro atoms. The summed E-state index contributed by atoms with van der Waals surface area (Å²) < 4.78 is 15.6. The lowest BCUT2D eigenvalue weighted by Crippen LogP contribution is -2.24. The fourth-order valence-corrected chi connectivity index (χ4v) is 2.02. The first-order valence-electron chi connectivity index (χ1n) is 5.31. The Hall–Kier alpha value is -1.75. The first-order valence-corrected chi connectivity index (χ1v) is 5.31. The summed E-state index contributed by atoms with van der Waals surface area (Å²) in [5.74, 6) is 0.490. The van der Waals surface area contributed by atoms with Crippen molar-refractivity contribution in [3.63, 3.8) is 0 Å². The summed E-state index contributed by atoms with van der Waals surface area (Å²) in [6.45, 7) is 1.80. The molecule has 1 heterocycles. The molecule has 0 fully saturated rings. The zero-order valence-electron chi connectivity index (χ0n) is 10.0. The number of benzene rings is 1. The molecule has 5 nitrogen and oxygen atoms in total. The fourth-order valence-electron chi connectivity index (χ4n) is 2.02. The Morgan fingerprint density at radius 2 is 2.06 bits per heavy atom. The van der Waals surface area contributed by atoms with Gasteiger partial charge < -0.3 is 19.9 Å². The second kappa shape index (κ2) is 4.25. The molecule has 5 heteroatoms. The van der Waals surface area contributed by atoms with Crippen LogP contribution in [0.1, 0.15) is 28.9 Å². The average Bonchev–Trinajstić information content (AvgIpc) is 2.66. The van der Waals surface area contributed by atoms with Gasteiger partial charge in [-0.2, -0.15) is 0 Å². The van der Waals surface area contributed by atoms with Crippen LogP contribution >= 0.6 is 0 Å². The summed E-state index contributed by atoms with van der Waals surface area (Å²) in [6.07, 6.45) is -0.419. The minimum atomic E-state index is -0.419. The topological polar surface area (TPSA) is 70.8 Å². The van der Waals surface area contributed by atoms with Crippen LogP contribution in [0.3, 0.4) is 0 Å². The molecule has 0 amide bonds. The molecule has 92 valence electrons. The van der Waals surface area contributed by atoms with E-state index in [1.54, 1.807) is 19.1 Å². The molecule has 2 N–H and O–H groups in total. The molecule has 2 rings (SSSR count). The summed E-state index contributed by atoms with van der Waals surface area (Å²) in [7, 11) is 3.01. The van der Waals surface area contributed by atoms with Crippen LogP contribution in [0.15, 0.2) is 12.1 Å². The molecule has 0 bridgehead atoms. The highest BCUT2D eigenvalue weighted by Crippen LogP contribution is 2.42. The van der Waals surface area contributed by atoms with E-state index in [2.05, 4.69) is 0 Å². The van der Waals surface area contributed by atoms with Gasteiger partial charge in [0.2, 0.25) is 0 Å². The second-order valence-corrected chi connectivity index (χ2v) is 3.95. The maximum Gasteiger partial charge on any atom is 0.343 e. The quantitative estimate of drug-likeness (QED) is 0.801. The van der Waals surface area contributed by atoms with Gasteiger partial charge in [-0.25, -0.2) is 4.79 Å². The number of hydrogen-bond donors (Lipinski definition) is 1. The number of carbonyl (C=O) groups is 1. The third kappa shape index (κ3) is 1.72. The molecule has 1 aliphatic rings. The minimum Gasteiger partial charge on any atom is -0.493 e. The predicted octanol–water partition coefficient (Wildman–Crippen LogP) is 1.26. The third-order valence-electron chi connectivity index (χ3n) is 2.80. The van der Waals surface area contributed by atoms with Crippen molar-refractivity contribution in [1.29, 1.82) is 0 Å². The number of ether oxygens (including phenoxy) is 3. The molecule has 0 saturated heterocycles. The molecular formula is C12H15NO4. The number of hydrogen-bond acceptors (Lipinski definition) is 5. The first-order chi connectivity index (χ1) is 8.10. The van der Waals surface area contributed by atoms with Gasteiger partial charge in [-0.1, -0.05) is 6.07 Å². The molecule has 17 heavy (non-hydrogen) atoms. The molecule has 0 aromatic heterocycles. The van der Waals surface area contributed by atoms with Crippen molar-refractivity contribution < 1.29 is 19.0 Å². The molecule has 1 aliphatic heterocycles. The van der Waals surface area contributed by atoms with Gasteiger partial charge in [0.25, 0.3) is 0 Å². The predicted molar refractivity (Wildman–Crippen MR) is 61.4 cm³/mol. The Morgan fingerprint density at radius 3 is 2.59 bits per heavy atom. The Kier molecular flexibility index (Phi) is 2.93. The van der Waals surface area contributed by atoms with Crippen LogP contribution in [0.2, 0.25) is 0 Å². The van der Waals surface area contributed by atoms with Crippen molar-refractivity contribution in [3.05, 3.63) is 23.3 Å². The summed E-state index contributed by atoms with van der Waals surface area (Å²) in [5.41, 5.74) is 6.95. The molecule has 1 aromatic rings. The Labute approximate surface area is 99.5 Å². The van der Waals surface area contributed by atoms with Gasteiger partial charge in [-0.05, 0) is 13.0 Å². The number of cyclic esters (lactones) is 1. The van der Waals surface area contributed by atoms with Crippen LogP contribution in [0.4, 0.5) is 0 Å². The molecule has 2 atom stereocenters.